The van der Waals surface area contributed by atoms with Gasteiger partial charge in [0.05, 0.1) is 17.9 Å². The van der Waals surface area contributed by atoms with Crippen molar-refractivity contribution in [3.8, 4) is 0 Å². The van der Waals surface area contributed by atoms with Gasteiger partial charge in [0.25, 0.3) is 5.91 Å². The number of nitrogens with zero attached hydrogens (tertiary/aromatic N) is 1. The molecule has 1 aromatic rings. The van der Waals surface area contributed by atoms with Crippen molar-refractivity contribution in [2.45, 2.75) is 25.4 Å². The van der Waals surface area contributed by atoms with Crippen LogP contribution >= 0.6 is 0 Å². The number of hydrogen-bond donors (Lipinski definition) is 2. The number of carboxylic acids is 1. The number of aliphatic hydroxyl groups is 1. The first kappa shape index (κ1) is 12.6. The van der Waals surface area contributed by atoms with E-state index in [1.807, 2.05) is 0 Å². The van der Waals surface area contributed by atoms with Gasteiger partial charge >= 0.3 is 5.97 Å². The number of rotatable bonds is 3. The van der Waals surface area contributed by atoms with Gasteiger partial charge in [-0.15, -0.1) is 0 Å². The number of hydrogen-bond acceptors (Lipinski definition) is 4. The van der Waals surface area contributed by atoms with Gasteiger partial charge in [-0.05, 0) is 18.9 Å². The third-order valence-corrected chi connectivity index (χ3v) is 3.04. The second-order valence-corrected chi connectivity index (χ2v) is 4.35. The highest BCUT2D eigenvalue weighted by Gasteiger charge is 2.25. The van der Waals surface area contributed by atoms with Crippen LogP contribution in [0.5, 0.6) is 0 Å². The molecule has 2 rings (SSSR count). The van der Waals surface area contributed by atoms with Crippen molar-refractivity contribution in [1.29, 1.82) is 0 Å². The molecule has 18 heavy (non-hydrogen) atoms. The Morgan fingerprint density at radius 2 is 2.06 bits per heavy atom. The molecule has 1 saturated heterocycles. The molecule has 6 heteroatoms. The van der Waals surface area contributed by atoms with E-state index in [0.717, 1.165) is 0 Å². The van der Waals surface area contributed by atoms with Crippen molar-refractivity contribution >= 4 is 11.9 Å². The number of aliphatic carboxylic acids is 1. The van der Waals surface area contributed by atoms with Crippen molar-refractivity contribution in [2.24, 2.45) is 0 Å². The molecule has 0 aliphatic carbocycles. The fraction of sp³-hybridized carbons (Fsp3) is 0.500. The van der Waals surface area contributed by atoms with E-state index < -0.39 is 5.97 Å². The third-order valence-electron chi connectivity index (χ3n) is 3.04. The van der Waals surface area contributed by atoms with Gasteiger partial charge in [-0.25, -0.2) is 0 Å². The highest BCUT2D eigenvalue weighted by atomic mass is 16.4. The standard InChI is InChI=1S/C12H15NO5/c14-8-1-4-13(5-2-8)12(17)9-3-6-18-10(9)7-11(15)16/h3,6,8,14H,1-2,4-5,7H2,(H,15,16). The molecular weight excluding hydrogens is 238 g/mol. The number of carbonyl (C=O) groups is 2. The van der Waals surface area contributed by atoms with Gasteiger partial charge in [0.1, 0.15) is 12.2 Å². The van der Waals surface area contributed by atoms with Crippen LogP contribution in [0.15, 0.2) is 16.7 Å². The maximum absolute atomic E-state index is 12.2. The predicted octanol–water partition coefficient (Wildman–Crippen LogP) is 0.504. The number of amides is 1. The van der Waals surface area contributed by atoms with Crippen LogP contribution in [0.2, 0.25) is 0 Å². The Kier molecular flexibility index (Phi) is 3.66. The van der Waals surface area contributed by atoms with Gasteiger partial charge in [-0.3, -0.25) is 9.59 Å². The van der Waals surface area contributed by atoms with Gasteiger partial charge in [-0.1, -0.05) is 0 Å². The van der Waals surface area contributed by atoms with Gasteiger partial charge < -0.3 is 19.5 Å². The van der Waals surface area contributed by atoms with E-state index in [1.54, 1.807) is 4.90 Å². The van der Waals surface area contributed by atoms with Crippen LogP contribution in [0.4, 0.5) is 0 Å². The van der Waals surface area contributed by atoms with Crippen molar-refractivity contribution in [2.75, 3.05) is 13.1 Å². The fourth-order valence-electron chi connectivity index (χ4n) is 2.04. The molecule has 0 saturated carbocycles. The Hall–Kier alpha value is -1.82. The summed E-state index contributed by atoms with van der Waals surface area (Å²) < 4.78 is 5.03. The number of likely N-dealkylation sites (tertiary alicyclic amines) is 1. The summed E-state index contributed by atoms with van der Waals surface area (Å²) in [5, 5.41) is 18.1. The Labute approximate surface area is 104 Å². The molecule has 1 fully saturated rings. The Balaban J connectivity index is 2.09. The van der Waals surface area contributed by atoms with Crippen molar-refractivity contribution in [1.82, 2.24) is 4.90 Å². The highest BCUT2D eigenvalue weighted by Crippen LogP contribution is 2.18. The van der Waals surface area contributed by atoms with Gasteiger partial charge in [0.15, 0.2) is 0 Å². The van der Waals surface area contributed by atoms with E-state index in [1.165, 1.54) is 12.3 Å². The molecule has 2 N–H and O–H groups in total. The summed E-state index contributed by atoms with van der Waals surface area (Å²) in [6.45, 7) is 0.968. The van der Waals surface area contributed by atoms with E-state index >= 15 is 0 Å². The Morgan fingerprint density at radius 3 is 2.67 bits per heavy atom. The van der Waals surface area contributed by atoms with Gasteiger partial charge in [0.2, 0.25) is 0 Å². The molecule has 98 valence electrons. The van der Waals surface area contributed by atoms with Gasteiger partial charge in [-0.2, -0.15) is 0 Å². The van der Waals surface area contributed by atoms with Gasteiger partial charge in [0, 0.05) is 13.1 Å². The van der Waals surface area contributed by atoms with Crippen LogP contribution in [0, 0.1) is 0 Å². The SMILES string of the molecule is O=C(O)Cc1occc1C(=O)N1CCC(O)CC1. The lowest BCUT2D eigenvalue weighted by Crippen LogP contribution is -2.40. The average Bonchev–Trinajstić information content (AvgIpc) is 2.76. The lowest BCUT2D eigenvalue weighted by molar-refractivity contribution is -0.136. The summed E-state index contributed by atoms with van der Waals surface area (Å²) in [5.74, 6) is -1.08. The minimum atomic E-state index is -1.03. The molecule has 1 aliphatic heterocycles. The molecule has 0 spiro atoms. The Bertz CT molecular complexity index is 445. The third kappa shape index (κ3) is 2.70. The topological polar surface area (TPSA) is 91.0 Å². The molecule has 0 unspecified atom stereocenters. The van der Waals surface area contributed by atoms with E-state index in [-0.39, 0.29) is 24.2 Å². The number of aliphatic hydroxyl groups excluding tert-OH is 1. The molecule has 1 aromatic heterocycles. The minimum Gasteiger partial charge on any atom is -0.481 e. The normalized spacial score (nSPS) is 16.8. The molecule has 2 heterocycles. The van der Waals surface area contributed by atoms with Crippen LogP contribution in [0.3, 0.4) is 0 Å². The van der Waals surface area contributed by atoms with E-state index in [4.69, 9.17) is 9.52 Å². The zero-order valence-corrected chi connectivity index (χ0v) is 9.83. The summed E-state index contributed by atoms with van der Waals surface area (Å²) in [4.78, 5) is 24.4. The van der Waals surface area contributed by atoms with Crippen LogP contribution in [0.1, 0.15) is 29.0 Å². The minimum absolute atomic E-state index is 0.179. The van der Waals surface area contributed by atoms with Crippen molar-refractivity contribution in [3.63, 3.8) is 0 Å². The summed E-state index contributed by atoms with van der Waals surface area (Å²) in [7, 11) is 0. The zero-order chi connectivity index (χ0) is 13.1. The number of furan rings is 1. The number of carbonyl (C=O) groups excluding carboxylic acids is 1. The summed E-state index contributed by atoms with van der Waals surface area (Å²) in [6.07, 6.45) is 1.78. The summed E-state index contributed by atoms with van der Waals surface area (Å²) in [6, 6.07) is 1.49. The molecule has 6 nitrogen and oxygen atoms in total. The largest absolute Gasteiger partial charge is 0.481 e. The first-order valence-corrected chi connectivity index (χ1v) is 5.83. The molecule has 1 aliphatic rings. The van der Waals surface area contributed by atoms with Crippen molar-refractivity contribution in [3.05, 3.63) is 23.7 Å². The van der Waals surface area contributed by atoms with E-state index in [0.29, 0.717) is 31.5 Å². The smallest absolute Gasteiger partial charge is 0.311 e. The Morgan fingerprint density at radius 1 is 1.39 bits per heavy atom. The van der Waals surface area contributed by atoms with E-state index in [2.05, 4.69) is 0 Å². The van der Waals surface area contributed by atoms with Crippen LogP contribution in [-0.4, -0.2) is 46.2 Å². The summed E-state index contributed by atoms with van der Waals surface area (Å²) >= 11 is 0. The molecule has 0 atom stereocenters. The maximum Gasteiger partial charge on any atom is 0.311 e. The average molecular weight is 253 g/mol. The fourth-order valence-corrected chi connectivity index (χ4v) is 2.04. The maximum atomic E-state index is 12.2. The molecule has 0 bridgehead atoms. The summed E-state index contributed by atoms with van der Waals surface area (Å²) in [5.41, 5.74) is 0.300. The van der Waals surface area contributed by atoms with Crippen LogP contribution < -0.4 is 0 Å². The van der Waals surface area contributed by atoms with Crippen LogP contribution in [-0.2, 0) is 11.2 Å². The molecule has 0 radical (unpaired) electrons. The number of piperidine rings is 1. The van der Waals surface area contributed by atoms with E-state index in [9.17, 15) is 14.7 Å². The second kappa shape index (κ2) is 5.22. The zero-order valence-electron chi connectivity index (χ0n) is 9.83. The predicted molar refractivity (Wildman–Crippen MR) is 61.2 cm³/mol. The monoisotopic (exact) mass is 253 g/mol. The molecular formula is C12H15NO5. The van der Waals surface area contributed by atoms with Crippen LogP contribution in [0.25, 0.3) is 0 Å². The lowest BCUT2D eigenvalue weighted by Gasteiger charge is -2.29. The number of carboxylic acid groups (broad SMARTS) is 1. The second-order valence-electron chi connectivity index (χ2n) is 4.35. The molecule has 0 aromatic carbocycles. The highest BCUT2D eigenvalue weighted by molar-refractivity contribution is 5.96. The van der Waals surface area contributed by atoms with Crippen molar-refractivity contribution < 1.29 is 24.2 Å². The lowest BCUT2D eigenvalue weighted by atomic mass is 10.1. The first-order valence-electron chi connectivity index (χ1n) is 5.83. The quantitative estimate of drug-likeness (QED) is 0.818. The first-order chi connectivity index (χ1) is 8.58. The molecule has 1 amide bonds.